The van der Waals surface area contributed by atoms with E-state index in [0.29, 0.717) is 6.61 Å². The summed E-state index contributed by atoms with van der Waals surface area (Å²) in [5, 5.41) is 4.45. The van der Waals surface area contributed by atoms with Crippen molar-refractivity contribution < 1.29 is 14.3 Å². The molecular formula is C26H31N3O3. The van der Waals surface area contributed by atoms with Crippen LogP contribution < -0.4 is 9.47 Å². The molecule has 0 bridgehead atoms. The fourth-order valence-electron chi connectivity index (χ4n) is 4.67. The average molecular weight is 434 g/mol. The lowest BCUT2D eigenvalue weighted by Crippen LogP contribution is -2.50. The second-order valence-corrected chi connectivity index (χ2v) is 8.75. The van der Waals surface area contributed by atoms with E-state index in [2.05, 4.69) is 58.3 Å². The summed E-state index contributed by atoms with van der Waals surface area (Å²) < 4.78 is 11.4. The van der Waals surface area contributed by atoms with E-state index in [-0.39, 0.29) is 12.0 Å². The van der Waals surface area contributed by atoms with E-state index in [1.54, 1.807) is 7.11 Å². The van der Waals surface area contributed by atoms with E-state index < -0.39 is 0 Å². The molecule has 3 heterocycles. The van der Waals surface area contributed by atoms with Gasteiger partial charge in [0.2, 0.25) is 0 Å². The normalized spacial score (nSPS) is 23.6. The summed E-state index contributed by atoms with van der Waals surface area (Å²) in [5.74, 6) is 1.84. The lowest BCUT2D eigenvalue weighted by atomic mass is 9.90. The van der Waals surface area contributed by atoms with Crippen LogP contribution in [0.5, 0.6) is 11.5 Å². The summed E-state index contributed by atoms with van der Waals surface area (Å²) in [5.41, 5.74) is 4.63. The summed E-state index contributed by atoms with van der Waals surface area (Å²) in [4.78, 5) is 10.9. The number of hydrogen-bond donors (Lipinski definition) is 0. The van der Waals surface area contributed by atoms with E-state index in [0.717, 1.165) is 62.0 Å². The number of rotatable bonds is 6. The summed E-state index contributed by atoms with van der Waals surface area (Å²) >= 11 is 0. The Hall–Kier alpha value is -2.83. The first-order chi connectivity index (χ1) is 15.7. The van der Waals surface area contributed by atoms with Crippen LogP contribution in [0.2, 0.25) is 0 Å². The molecule has 0 amide bonds. The second-order valence-electron chi connectivity index (χ2n) is 8.75. The Morgan fingerprint density at radius 3 is 2.66 bits per heavy atom. The number of benzene rings is 2. The number of hydrogen-bond acceptors (Lipinski definition) is 6. The fraction of sp³-hybridized carbons (Fsp3) is 0.423. The molecule has 0 N–H and O–H groups in total. The van der Waals surface area contributed by atoms with Gasteiger partial charge >= 0.3 is 0 Å². The third kappa shape index (κ3) is 4.38. The number of allylic oxidation sites excluding steroid dienone is 1. The molecule has 0 aliphatic carbocycles. The minimum Gasteiger partial charge on any atom is -0.497 e. The largest absolute Gasteiger partial charge is 0.497 e. The van der Waals surface area contributed by atoms with E-state index in [1.807, 2.05) is 18.2 Å². The lowest BCUT2D eigenvalue weighted by Gasteiger charge is -2.36. The van der Waals surface area contributed by atoms with Gasteiger partial charge in [0.05, 0.1) is 13.0 Å². The molecule has 3 aliphatic heterocycles. The molecule has 5 rings (SSSR count). The molecule has 1 fully saturated rings. The van der Waals surface area contributed by atoms with Gasteiger partial charge in [-0.3, -0.25) is 9.80 Å². The van der Waals surface area contributed by atoms with Gasteiger partial charge in [0.15, 0.2) is 6.10 Å². The Bertz CT molecular complexity index is 997. The Kier molecular flexibility index (Phi) is 6.14. The molecule has 1 saturated heterocycles. The predicted octanol–water partition coefficient (Wildman–Crippen LogP) is 3.53. The maximum Gasteiger partial charge on any atom is 0.151 e. The van der Waals surface area contributed by atoms with Gasteiger partial charge in [-0.2, -0.15) is 0 Å². The number of piperazine rings is 1. The van der Waals surface area contributed by atoms with Crippen LogP contribution in [-0.4, -0.2) is 74.6 Å². The van der Waals surface area contributed by atoms with Crippen LogP contribution in [-0.2, 0) is 4.84 Å². The SMILES string of the molecule is COc1ccc2c(c1)C1=NO[C@H](CN3CCN(C/C=C(\C)c4ccccc4)CC3)[C@H]1CO2. The van der Waals surface area contributed by atoms with Crippen LogP contribution in [0.4, 0.5) is 0 Å². The summed E-state index contributed by atoms with van der Waals surface area (Å²) in [6.07, 6.45) is 2.38. The van der Waals surface area contributed by atoms with Crippen molar-refractivity contribution in [2.45, 2.75) is 13.0 Å². The smallest absolute Gasteiger partial charge is 0.151 e. The molecule has 2 aromatic carbocycles. The van der Waals surface area contributed by atoms with E-state index in [9.17, 15) is 0 Å². The summed E-state index contributed by atoms with van der Waals surface area (Å²) in [7, 11) is 1.68. The van der Waals surface area contributed by atoms with Gasteiger partial charge in [0.1, 0.15) is 23.8 Å². The molecule has 0 spiro atoms. The van der Waals surface area contributed by atoms with Gasteiger partial charge < -0.3 is 14.3 Å². The highest BCUT2D eigenvalue weighted by Gasteiger charge is 2.41. The van der Waals surface area contributed by atoms with Crippen LogP contribution in [0.25, 0.3) is 5.57 Å². The third-order valence-corrected chi connectivity index (χ3v) is 6.76. The van der Waals surface area contributed by atoms with Gasteiger partial charge in [0, 0.05) is 44.8 Å². The van der Waals surface area contributed by atoms with Gasteiger partial charge in [-0.25, -0.2) is 0 Å². The zero-order chi connectivity index (χ0) is 21.9. The minimum atomic E-state index is 0.0381. The van der Waals surface area contributed by atoms with E-state index >= 15 is 0 Å². The summed E-state index contributed by atoms with van der Waals surface area (Å²) in [6, 6.07) is 16.5. The van der Waals surface area contributed by atoms with Crippen LogP contribution in [0.1, 0.15) is 18.1 Å². The first-order valence-corrected chi connectivity index (χ1v) is 11.4. The van der Waals surface area contributed by atoms with Crippen molar-refractivity contribution in [3.8, 4) is 11.5 Å². The van der Waals surface area contributed by atoms with Crippen molar-refractivity contribution in [1.82, 2.24) is 9.80 Å². The number of nitrogens with zero attached hydrogens (tertiary/aromatic N) is 3. The third-order valence-electron chi connectivity index (χ3n) is 6.76. The molecule has 0 aromatic heterocycles. The highest BCUT2D eigenvalue weighted by Crippen LogP contribution is 2.36. The number of oxime groups is 1. The van der Waals surface area contributed by atoms with E-state index in [4.69, 9.17) is 14.3 Å². The van der Waals surface area contributed by atoms with Crippen LogP contribution in [0, 0.1) is 5.92 Å². The standard InChI is InChI=1S/C26H31N3O3/c1-19(20-6-4-3-5-7-20)10-11-28-12-14-29(15-13-28)17-25-23-18-31-24-9-8-21(30-2)16-22(24)26(23)27-32-25/h3-10,16,23,25H,11-15,17-18H2,1-2H3/b19-10+/t23-,25-/m1/s1. The van der Waals surface area contributed by atoms with Crippen molar-refractivity contribution in [1.29, 1.82) is 0 Å². The molecule has 32 heavy (non-hydrogen) atoms. The maximum absolute atomic E-state index is 6.01. The van der Waals surface area contributed by atoms with Gasteiger partial charge in [-0.1, -0.05) is 41.6 Å². The average Bonchev–Trinajstić information content (AvgIpc) is 3.26. The van der Waals surface area contributed by atoms with Gasteiger partial charge in [-0.05, 0) is 36.3 Å². The second kappa shape index (κ2) is 9.35. The lowest BCUT2D eigenvalue weighted by molar-refractivity contribution is 0.0103. The molecule has 0 radical (unpaired) electrons. The minimum absolute atomic E-state index is 0.0381. The Morgan fingerprint density at radius 1 is 1.09 bits per heavy atom. The van der Waals surface area contributed by atoms with Crippen LogP contribution in [0.15, 0.2) is 59.8 Å². The quantitative estimate of drug-likeness (QED) is 0.698. The van der Waals surface area contributed by atoms with Crippen LogP contribution >= 0.6 is 0 Å². The first-order valence-electron chi connectivity index (χ1n) is 11.4. The molecule has 2 atom stereocenters. The zero-order valence-electron chi connectivity index (χ0n) is 18.9. The fourth-order valence-corrected chi connectivity index (χ4v) is 4.67. The van der Waals surface area contributed by atoms with Gasteiger partial charge in [0.25, 0.3) is 0 Å². The van der Waals surface area contributed by atoms with Crippen molar-refractivity contribution in [3.63, 3.8) is 0 Å². The van der Waals surface area contributed by atoms with Crippen molar-refractivity contribution in [2.24, 2.45) is 11.1 Å². The molecule has 0 saturated carbocycles. The monoisotopic (exact) mass is 433 g/mol. The summed E-state index contributed by atoms with van der Waals surface area (Å²) in [6.45, 7) is 8.92. The molecule has 168 valence electrons. The van der Waals surface area contributed by atoms with Crippen molar-refractivity contribution in [2.75, 3.05) is 53.0 Å². The Morgan fingerprint density at radius 2 is 1.88 bits per heavy atom. The first kappa shape index (κ1) is 21.0. The van der Waals surface area contributed by atoms with Crippen molar-refractivity contribution in [3.05, 3.63) is 65.7 Å². The van der Waals surface area contributed by atoms with Gasteiger partial charge in [-0.15, -0.1) is 0 Å². The topological polar surface area (TPSA) is 46.5 Å². The number of ether oxygens (including phenoxy) is 2. The molecule has 6 nitrogen and oxygen atoms in total. The molecule has 6 heteroatoms. The van der Waals surface area contributed by atoms with Crippen LogP contribution in [0.3, 0.4) is 0 Å². The maximum atomic E-state index is 6.01. The molecule has 0 unspecified atom stereocenters. The Labute approximate surface area is 190 Å². The highest BCUT2D eigenvalue weighted by molar-refractivity contribution is 6.06. The molecular weight excluding hydrogens is 402 g/mol. The predicted molar refractivity (Wildman–Crippen MR) is 126 cm³/mol. The number of fused-ring (bicyclic) bond motifs is 3. The molecule has 3 aliphatic rings. The Balaban J connectivity index is 1.13. The molecule has 2 aromatic rings. The zero-order valence-corrected chi connectivity index (χ0v) is 18.9. The highest BCUT2D eigenvalue weighted by atomic mass is 16.6. The number of methoxy groups -OCH3 is 1. The van der Waals surface area contributed by atoms with Crippen molar-refractivity contribution >= 4 is 11.3 Å². The van der Waals surface area contributed by atoms with E-state index in [1.165, 1.54) is 11.1 Å².